The van der Waals surface area contributed by atoms with Gasteiger partial charge in [-0.1, -0.05) is 78.9 Å². The van der Waals surface area contributed by atoms with Crippen LogP contribution in [-0.2, 0) is 0 Å². The number of aromatic nitrogens is 2. The molecule has 3 aliphatic carbocycles. The van der Waals surface area contributed by atoms with Crippen LogP contribution in [0.1, 0.15) is 119 Å². The predicted octanol–water partition coefficient (Wildman–Crippen LogP) is 7.64. The third-order valence-corrected chi connectivity index (χ3v) is 9.32. The largest absolute Gasteiger partial charge is 0.360 e. The van der Waals surface area contributed by atoms with Crippen molar-refractivity contribution in [1.82, 2.24) is 10.2 Å². The number of nitrogens with one attached hydrogen (secondary N) is 2. The van der Waals surface area contributed by atoms with Gasteiger partial charge in [-0.2, -0.15) is 0 Å². The first-order valence-corrected chi connectivity index (χ1v) is 13.9. The zero-order chi connectivity index (χ0) is 24.8. The van der Waals surface area contributed by atoms with Crippen LogP contribution in [-0.4, -0.2) is 22.6 Å². The summed E-state index contributed by atoms with van der Waals surface area (Å²) in [4.78, 5) is 13.5. The summed E-state index contributed by atoms with van der Waals surface area (Å²) in [5, 5.41) is 16.5. The summed E-state index contributed by atoms with van der Waals surface area (Å²) in [6.45, 7) is 18.8. The molecule has 0 spiro atoms. The van der Waals surface area contributed by atoms with E-state index in [4.69, 9.17) is 0 Å². The number of fused-ring (bicyclic) bond motifs is 2. The first-order valence-electron chi connectivity index (χ1n) is 13.0. The highest BCUT2D eigenvalue weighted by atomic mass is 32.1. The van der Waals surface area contributed by atoms with Crippen LogP contribution in [0.25, 0.3) is 0 Å². The molecule has 6 heteroatoms. The minimum atomic E-state index is -0.0834. The average Bonchev–Trinajstić information content (AvgIpc) is 3.23. The Morgan fingerprint density at radius 2 is 1.62 bits per heavy atom. The van der Waals surface area contributed by atoms with Crippen molar-refractivity contribution in [2.45, 2.75) is 92.4 Å². The second-order valence-corrected chi connectivity index (χ2v) is 13.0. The predicted molar refractivity (Wildman–Crippen MR) is 143 cm³/mol. The quantitative estimate of drug-likeness (QED) is 0.405. The summed E-state index contributed by atoms with van der Waals surface area (Å²) in [6.07, 6.45) is 4.03. The summed E-state index contributed by atoms with van der Waals surface area (Å²) in [7, 11) is 0. The Labute approximate surface area is 209 Å². The number of carbonyl (C=O) groups is 1. The minimum absolute atomic E-state index is 0.0834. The van der Waals surface area contributed by atoms with Crippen molar-refractivity contribution in [2.24, 2.45) is 23.2 Å². The molecule has 2 aromatic rings. The third-order valence-electron chi connectivity index (χ3n) is 8.52. The number of hydrogen-bond acceptors (Lipinski definition) is 5. The molecule has 2 N–H and O–H groups in total. The average molecular weight is 483 g/mol. The SMILES string of the molecule is CC(C)c1cc(C(C)C)c(C(=O)Nc2nnc(NC[C@@H]3CCC4CC3C4(C)C)s2)c(C(C)C)c1. The molecule has 5 rings (SSSR count). The Morgan fingerprint density at radius 3 is 2.15 bits per heavy atom. The van der Waals surface area contributed by atoms with Crippen LogP contribution in [0.4, 0.5) is 10.3 Å². The van der Waals surface area contributed by atoms with Gasteiger partial charge in [0.2, 0.25) is 10.3 Å². The fourth-order valence-corrected chi connectivity index (χ4v) is 6.79. The maximum absolute atomic E-state index is 13.5. The maximum atomic E-state index is 13.5. The summed E-state index contributed by atoms with van der Waals surface area (Å²) in [6, 6.07) is 4.42. The first kappa shape index (κ1) is 25.2. The van der Waals surface area contributed by atoms with Crippen molar-refractivity contribution in [3.63, 3.8) is 0 Å². The van der Waals surface area contributed by atoms with Crippen molar-refractivity contribution < 1.29 is 4.79 Å². The van der Waals surface area contributed by atoms with Gasteiger partial charge in [-0.25, -0.2) is 0 Å². The van der Waals surface area contributed by atoms with Crippen LogP contribution in [0.2, 0.25) is 0 Å². The molecule has 2 bridgehead atoms. The standard InChI is InChI=1S/C28H42N4OS/c1-15(2)19-11-21(16(3)4)24(22(12-19)17(5)6)25(33)30-27-32-31-26(34-27)29-14-18-9-10-20-13-23(18)28(20,7)8/h11-12,15-18,20,23H,9-10,13-14H2,1-8H3,(H,29,31)(H,30,32,33)/t18-,20?,23?/m0/s1. The number of nitrogens with zero attached hydrogens (tertiary/aromatic N) is 2. The van der Waals surface area contributed by atoms with E-state index < -0.39 is 0 Å². The Morgan fingerprint density at radius 1 is 1.00 bits per heavy atom. The molecule has 1 heterocycles. The number of rotatable bonds is 8. The molecule has 3 fully saturated rings. The van der Waals surface area contributed by atoms with Crippen molar-refractivity contribution >= 4 is 27.5 Å². The molecule has 3 atom stereocenters. The van der Waals surface area contributed by atoms with E-state index in [1.807, 2.05) is 0 Å². The lowest BCUT2D eigenvalue weighted by atomic mass is 9.45. The number of benzene rings is 1. The lowest BCUT2D eigenvalue weighted by Gasteiger charge is -2.60. The topological polar surface area (TPSA) is 66.9 Å². The zero-order valence-electron chi connectivity index (χ0n) is 22.2. The molecule has 1 aromatic heterocycles. The van der Waals surface area contributed by atoms with Gasteiger partial charge in [0.25, 0.3) is 5.91 Å². The number of anilines is 2. The maximum Gasteiger partial charge on any atom is 0.258 e. The van der Waals surface area contributed by atoms with Gasteiger partial charge in [0.15, 0.2) is 0 Å². The fraction of sp³-hybridized carbons (Fsp3) is 0.679. The zero-order valence-corrected chi connectivity index (χ0v) is 23.0. The minimum Gasteiger partial charge on any atom is -0.360 e. The number of amides is 1. The van der Waals surface area contributed by atoms with Gasteiger partial charge in [-0.15, -0.1) is 10.2 Å². The van der Waals surface area contributed by atoms with E-state index in [0.29, 0.717) is 22.4 Å². The first-order chi connectivity index (χ1) is 16.0. The van der Waals surface area contributed by atoms with Gasteiger partial charge in [-0.3, -0.25) is 10.1 Å². The van der Waals surface area contributed by atoms with Crippen LogP contribution in [0.3, 0.4) is 0 Å². The Hall–Kier alpha value is -1.95. The van der Waals surface area contributed by atoms with Gasteiger partial charge in [0.05, 0.1) is 0 Å². The molecule has 5 nitrogen and oxygen atoms in total. The second kappa shape index (κ2) is 9.60. The molecule has 1 amide bonds. The van der Waals surface area contributed by atoms with E-state index in [2.05, 4.69) is 88.4 Å². The van der Waals surface area contributed by atoms with E-state index in [1.165, 1.54) is 36.2 Å². The van der Waals surface area contributed by atoms with Crippen LogP contribution < -0.4 is 10.6 Å². The fourth-order valence-electron chi connectivity index (χ4n) is 6.15. The molecular weight excluding hydrogens is 440 g/mol. The smallest absolute Gasteiger partial charge is 0.258 e. The summed E-state index contributed by atoms with van der Waals surface area (Å²) < 4.78 is 0. The van der Waals surface area contributed by atoms with Gasteiger partial charge in [0, 0.05) is 12.1 Å². The number of carbonyl (C=O) groups excluding carboxylic acids is 1. The van der Waals surface area contributed by atoms with E-state index in [9.17, 15) is 4.79 Å². The summed E-state index contributed by atoms with van der Waals surface area (Å²) in [5.41, 5.74) is 4.78. The van der Waals surface area contributed by atoms with Crippen molar-refractivity contribution in [1.29, 1.82) is 0 Å². The lowest BCUT2D eigenvalue weighted by molar-refractivity contribution is -0.100. The molecule has 186 valence electrons. The molecule has 3 saturated carbocycles. The number of hydrogen-bond donors (Lipinski definition) is 2. The molecule has 2 unspecified atom stereocenters. The van der Waals surface area contributed by atoms with Crippen molar-refractivity contribution in [3.8, 4) is 0 Å². The molecule has 34 heavy (non-hydrogen) atoms. The molecule has 3 aliphatic rings. The normalized spacial score (nSPS) is 23.3. The summed E-state index contributed by atoms with van der Waals surface area (Å²) in [5.74, 6) is 3.28. The molecule has 0 aliphatic heterocycles. The highest BCUT2D eigenvalue weighted by molar-refractivity contribution is 7.19. The van der Waals surface area contributed by atoms with Gasteiger partial charge in [-0.05, 0) is 76.9 Å². The third kappa shape index (κ3) is 4.75. The van der Waals surface area contributed by atoms with E-state index in [0.717, 1.165) is 40.2 Å². The molecule has 1 aromatic carbocycles. The second-order valence-electron chi connectivity index (χ2n) is 12.0. The van der Waals surface area contributed by atoms with Crippen LogP contribution >= 0.6 is 11.3 Å². The molecular formula is C28H42N4OS. The van der Waals surface area contributed by atoms with E-state index in [-0.39, 0.29) is 17.7 Å². The van der Waals surface area contributed by atoms with Crippen molar-refractivity contribution in [2.75, 3.05) is 17.2 Å². The summed E-state index contributed by atoms with van der Waals surface area (Å²) >= 11 is 1.43. The Balaban J connectivity index is 1.47. The van der Waals surface area contributed by atoms with Gasteiger partial charge < -0.3 is 5.32 Å². The Bertz CT molecular complexity index is 1010. The highest BCUT2D eigenvalue weighted by Crippen LogP contribution is 2.61. The van der Waals surface area contributed by atoms with Crippen LogP contribution in [0, 0.1) is 23.2 Å². The van der Waals surface area contributed by atoms with E-state index >= 15 is 0 Å². The van der Waals surface area contributed by atoms with Gasteiger partial charge >= 0.3 is 0 Å². The monoisotopic (exact) mass is 482 g/mol. The highest BCUT2D eigenvalue weighted by Gasteiger charge is 2.53. The lowest BCUT2D eigenvalue weighted by Crippen LogP contribution is -2.53. The van der Waals surface area contributed by atoms with E-state index in [1.54, 1.807) is 0 Å². The molecule has 0 radical (unpaired) electrons. The van der Waals surface area contributed by atoms with Crippen LogP contribution in [0.5, 0.6) is 0 Å². The van der Waals surface area contributed by atoms with Crippen molar-refractivity contribution in [3.05, 3.63) is 34.4 Å². The Kier molecular flexibility index (Phi) is 7.10. The molecule has 0 saturated heterocycles. The van der Waals surface area contributed by atoms with Crippen LogP contribution in [0.15, 0.2) is 12.1 Å². The van der Waals surface area contributed by atoms with Gasteiger partial charge in [0.1, 0.15) is 0 Å².